The molecular formula is C25H28N2O2. The second-order valence-corrected chi connectivity index (χ2v) is 7.41. The van der Waals surface area contributed by atoms with Crippen LogP contribution in [0.15, 0.2) is 72.0 Å². The third kappa shape index (κ3) is 5.30. The largest absolute Gasteiger partial charge is 0.411 e. The standard InChI is InChI=1S/C25H28N2O2/c1-18-6-3-4-8-23(18)24(21-11-9-20(10-12-21)7-5-15-28)17-25(27-29)22-13-14-26-19(2)16-22/h3-4,6,8-14,16,24,28-29H,5,7,15,17H2,1-2H3. The fourth-order valence-electron chi connectivity index (χ4n) is 3.72. The van der Waals surface area contributed by atoms with Crippen molar-refractivity contribution in [1.82, 2.24) is 4.98 Å². The van der Waals surface area contributed by atoms with Crippen molar-refractivity contribution in [2.45, 2.75) is 39.0 Å². The van der Waals surface area contributed by atoms with Crippen LogP contribution in [-0.4, -0.2) is 27.6 Å². The van der Waals surface area contributed by atoms with Crippen molar-refractivity contribution < 1.29 is 10.3 Å². The van der Waals surface area contributed by atoms with Gasteiger partial charge in [-0.25, -0.2) is 0 Å². The summed E-state index contributed by atoms with van der Waals surface area (Å²) in [5, 5.41) is 22.5. The molecule has 1 unspecified atom stereocenters. The molecule has 0 bridgehead atoms. The number of aromatic nitrogens is 1. The number of benzene rings is 2. The van der Waals surface area contributed by atoms with E-state index in [1.165, 1.54) is 22.3 Å². The van der Waals surface area contributed by atoms with Gasteiger partial charge in [0.25, 0.3) is 0 Å². The molecule has 0 aliphatic carbocycles. The number of hydrogen-bond acceptors (Lipinski definition) is 4. The van der Waals surface area contributed by atoms with E-state index in [-0.39, 0.29) is 12.5 Å². The lowest BCUT2D eigenvalue weighted by Crippen LogP contribution is -2.12. The van der Waals surface area contributed by atoms with E-state index in [4.69, 9.17) is 5.11 Å². The van der Waals surface area contributed by atoms with E-state index in [1.54, 1.807) is 6.20 Å². The van der Waals surface area contributed by atoms with E-state index in [9.17, 15) is 5.21 Å². The zero-order valence-corrected chi connectivity index (χ0v) is 17.0. The van der Waals surface area contributed by atoms with Crippen molar-refractivity contribution in [3.63, 3.8) is 0 Å². The molecule has 4 nitrogen and oxygen atoms in total. The molecule has 3 aromatic rings. The number of aliphatic hydroxyl groups is 1. The molecule has 0 amide bonds. The highest BCUT2D eigenvalue weighted by molar-refractivity contribution is 6.00. The summed E-state index contributed by atoms with van der Waals surface area (Å²) in [5.74, 6) is 0.0717. The second kappa shape index (κ2) is 9.99. The Labute approximate surface area is 172 Å². The van der Waals surface area contributed by atoms with Crippen LogP contribution in [-0.2, 0) is 6.42 Å². The van der Waals surface area contributed by atoms with E-state index in [0.29, 0.717) is 12.1 Å². The van der Waals surface area contributed by atoms with E-state index < -0.39 is 0 Å². The summed E-state index contributed by atoms with van der Waals surface area (Å²) < 4.78 is 0. The monoisotopic (exact) mass is 388 g/mol. The predicted molar refractivity (Wildman–Crippen MR) is 117 cm³/mol. The maximum absolute atomic E-state index is 9.77. The molecule has 150 valence electrons. The number of aryl methyl sites for hydroxylation is 3. The van der Waals surface area contributed by atoms with Crippen LogP contribution >= 0.6 is 0 Å². The van der Waals surface area contributed by atoms with Crippen molar-refractivity contribution >= 4 is 5.71 Å². The molecule has 0 aliphatic rings. The van der Waals surface area contributed by atoms with Crippen LogP contribution in [0.1, 0.15) is 52.3 Å². The molecule has 4 heteroatoms. The maximum Gasteiger partial charge on any atom is 0.0878 e. The first kappa shape index (κ1) is 20.7. The number of oxime groups is 1. The number of hydrogen-bond donors (Lipinski definition) is 2. The summed E-state index contributed by atoms with van der Waals surface area (Å²) in [6.45, 7) is 4.25. The van der Waals surface area contributed by atoms with Gasteiger partial charge in [0.05, 0.1) is 5.71 Å². The van der Waals surface area contributed by atoms with Crippen LogP contribution in [0.3, 0.4) is 0 Å². The van der Waals surface area contributed by atoms with Gasteiger partial charge in [0.2, 0.25) is 0 Å². The Balaban J connectivity index is 1.96. The van der Waals surface area contributed by atoms with Crippen molar-refractivity contribution in [1.29, 1.82) is 0 Å². The van der Waals surface area contributed by atoms with E-state index >= 15 is 0 Å². The first-order valence-corrected chi connectivity index (χ1v) is 10.0. The van der Waals surface area contributed by atoms with E-state index in [0.717, 1.165) is 24.1 Å². The summed E-state index contributed by atoms with van der Waals surface area (Å²) in [5.41, 5.74) is 7.26. The smallest absolute Gasteiger partial charge is 0.0878 e. The highest BCUT2D eigenvalue weighted by Gasteiger charge is 2.20. The van der Waals surface area contributed by atoms with Crippen LogP contribution < -0.4 is 0 Å². The van der Waals surface area contributed by atoms with Gasteiger partial charge in [0.15, 0.2) is 0 Å². The Morgan fingerprint density at radius 1 is 1.03 bits per heavy atom. The Kier molecular flexibility index (Phi) is 7.14. The molecule has 1 heterocycles. The molecule has 0 spiro atoms. The zero-order valence-electron chi connectivity index (χ0n) is 17.0. The lowest BCUT2D eigenvalue weighted by atomic mass is 9.83. The van der Waals surface area contributed by atoms with Gasteiger partial charge in [0.1, 0.15) is 0 Å². The van der Waals surface area contributed by atoms with Crippen molar-refractivity contribution in [2.75, 3.05) is 6.61 Å². The first-order valence-electron chi connectivity index (χ1n) is 10.0. The topological polar surface area (TPSA) is 65.7 Å². The molecule has 0 radical (unpaired) electrons. The van der Waals surface area contributed by atoms with Crippen LogP contribution in [0.2, 0.25) is 0 Å². The van der Waals surface area contributed by atoms with Crippen molar-refractivity contribution in [2.24, 2.45) is 5.16 Å². The summed E-state index contributed by atoms with van der Waals surface area (Å²) in [4.78, 5) is 4.25. The Hall–Kier alpha value is -2.98. The quantitative estimate of drug-likeness (QED) is 0.323. The maximum atomic E-state index is 9.77. The summed E-state index contributed by atoms with van der Waals surface area (Å²) in [6, 6.07) is 20.7. The average molecular weight is 389 g/mol. The normalized spacial score (nSPS) is 12.7. The summed E-state index contributed by atoms with van der Waals surface area (Å²) in [7, 11) is 0. The first-order chi connectivity index (χ1) is 14.1. The third-order valence-electron chi connectivity index (χ3n) is 5.32. The molecule has 3 rings (SSSR count). The van der Waals surface area contributed by atoms with Gasteiger partial charge >= 0.3 is 0 Å². The highest BCUT2D eigenvalue weighted by atomic mass is 16.4. The second-order valence-electron chi connectivity index (χ2n) is 7.41. The van der Waals surface area contributed by atoms with Gasteiger partial charge in [-0.1, -0.05) is 53.7 Å². The fourth-order valence-corrected chi connectivity index (χ4v) is 3.72. The Morgan fingerprint density at radius 3 is 2.45 bits per heavy atom. The van der Waals surface area contributed by atoms with Crippen molar-refractivity contribution in [3.05, 3.63) is 100 Å². The lowest BCUT2D eigenvalue weighted by molar-refractivity contribution is 0.288. The van der Waals surface area contributed by atoms with Gasteiger partial charge in [-0.05, 0) is 61.1 Å². The molecule has 0 aliphatic heterocycles. The highest BCUT2D eigenvalue weighted by Crippen LogP contribution is 2.32. The minimum Gasteiger partial charge on any atom is -0.411 e. The molecule has 2 aromatic carbocycles. The third-order valence-corrected chi connectivity index (χ3v) is 5.32. The van der Waals surface area contributed by atoms with Crippen LogP contribution in [0.25, 0.3) is 0 Å². The molecular weight excluding hydrogens is 360 g/mol. The molecule has 1 atom stereocenters. The predicted octanol–water partition coefficient (Wildman–Crippen LogP) is 5.02. The zero-order chi connectivity index (χ0) is 20.6. The van der Waals surface area contributed by atoms with Crippen molar-refractivity contribution in [3.8, 4) is 0 Å². The van der Waals surface area contributed by atoms with Crippen LogP contribution in [0, 0.1) is 13.8 Å². The Morgan fingerprint density at radius 2 is 1.79 bits per heavy atom. The Bertz CT molecular complexity index is 965. The summed E-state index contributed by atoms with van der Waals surface area (Å²) >= 11 is 0. The lowest BCUT2D eigenvalue weighted by Gasteiger charge is -2.21. The molecule has 1 aromatic heterocycles. The van der Waals surface area contributed by atoms with Crippen LogP contribution in [0.4, 0.5) is 0 Å². The summed E-state index contributed by atoms with van der Waals surface area (Å²) in [6.07, 6.45) is 3.96. The van der Waals surface area contributed by atoms with Gasteiger partial charge in [-0.3, -0.25) is 4.98 Å². The van der Waals surface area contributed by atoms with Gasteiger partial charge < -0.3 is 10.3 Å². The molecule has 0 fully saturated rings. The number of rotatable bonds is 8. The van der Waals surface area contributed by atoms with E-state index in [1.807, 2.05) is 25.1 Å². The fraction of sp³-hybridized carbons (Fsp3) is 0.280. The number of pyridine rings is 1. The minimum absolute atomic E-state index is 0.0717. The van der Waals surface area contributed by atoms with Crippen LogP contribution in [0.5, 0.6) is 0 Å². The van der Waals surface area contributed by atoms with E-state index in [2.05, 4.69) is 59.5 Å². The van der Waals surface area contributed by atoms with Gasteiger partial charge in [-0.15, -0.1) is 0 Å². The number of aliphatic hydroxyl groups excluding tert-OH is 1. The molecule has 0 saturated carbocycles. The molecule has 29 heavy (non-hydrogen) atoms. The minimum atomic E-state index is 0.0717. The molecule has 2 N–H and O–H groups in total. The number of nitrogens with zero attached hydrogens (tertiary/aromatic N) is 2. The average Bonchev–Trinajstić information content (AvgIpc) is 2.74. The molecule has 0 saturated heterocycles. The van der Waals surface area contributed by atoms with Gasteiger partial charge in [0, 0.05) is 36.4 Å². The van der Waals surface area contributed by atoms with Gasteiger partial charge in [-0.2, -0.15) is 0 Å². The SMILES string of the molecule is Cc1cc(C(CC(c2ccc(CCCO)cc2)c2ccccc2C)=NO)ccn1.